The van der Waals surface area contributed by atoms with Crippen LogP contribution in [0.4, 0.5) is 26.3 Å². The molecule has 0 N–H and O–H groups in total. The van der Waals surface area contributed by atoms with Gasteiger partial charge in [0.2, 0.25) is 0 Å². The van der Waals surface area contributed by atoms with E-state index in [4.69, 9.17) is 0 Å². The smallest absolute Gasteiger partial charge is 0.878 e. The molecule has 0 fully saturated rings. The Morgan fingerprint density at radius 1 is 0.760 bits per heavy atom. The molecule has 25 heavy (non-hydrogen) atoms. The van der Waals surface area contributed by atoms with Gasteiger partial charge < -0.3 is 10.2 Å². The quantitative estimate of drug-likeness (QED) is 0.283. The molecule has 0 aromatic rings. The Labute approximate surface area is 151 Å². The van der Waals surface area contributed by atoms with E-state index in [1.54, 1.807) is 13.8 Å². The molecule has 11 heteroatoms. The monoisotopic (exact) mass is 425 g/mol. The number of rotatable bonds is 6. The Bertz CT molecular complexity index is 437. The van der Waals surface area contributed by atoms with E-state index in [-0.39, 0.29) is 42.4 Å². The van der Waals surface area contributed by atoms with Crippen LogP contribution in [0, 0.1) is 0 Å². The summed E-state index contributed by atoms with van der Waals surface area (Å²) in [6.45, 7) is 3.18. The van der Waals surface area contributed by atoms with Gasteiger partial charge in [-0.2, -0.15) is 26.3 Å². The normalized spacial score (nSPS) is 12.6. The Balaban J connectivity index is -0.000000372. The molecule has 0 amide bonds. The Hall–Kier alpha value is -1.48. The summed E-state index contributed by atoms with van der Waals surface area (Å²) in [5.74, 6) is -4.06. The molecule has 0 aliphatic carbocycles. The molecule has 0 saturated heterocycles. The fourth-order valence-corrected chi connectivity index (χ4v) is 1.35. The van der Waals surface area contributed by atoms with Crippen molar-refractivity contribution in [3.63, 3.8) is 0 Å². The van der Waals surface area contributed by atoms with E-state index < -0.39 is 35.1 Å². The Morgan fingerprint density at radius 3 is 1.12 bits per heavy atom. The van der Waals surface area contributed by atoms with E-state index in [1.165, 1.54) is 0 Å². The van der Waals surface area contributed by atoms with Gasteiger partial charge in [-0.1, -0.05) is 26.7 Å². The third-order valence-electron chi connectivity index (χ3n) is 2.42. The SMILES string of the molecule is CCC/C(=C\[O-])C(=O)C(F)(F)F.CCC/C(=C\[O-])C(=O)C(F)(F)F.[Cu+2]. The zero-order chi connectivity index (χ0) is 19.6. The maximum absolute atomic E-state index is 11.7. The predicted molar refractivity (Wildman–Crippen MR) is 68.1 cm³/mol. The van der Waals surface area contributed by atoms with Crippen LogP contribution < -0.4 is 10.2 Å². The molecule has 149 valence electrons. The van der Waals surface area contributed by atoms with Gasteiger partial charge in [0.25, 0.3) is 11.6 Å². The standard InChI is InChI=1S/2C7H9F3O2.Cu/c2*1-2-3-5(4-11)6(12)7(8,9)10;/h2*4,11H,2-3H2,1H3;/q;;+2/p-2/b2*5-4+;. The summed E-state index contributed by atoms with van der Waals surface area (Å²) in [6, 6.07) is 0. The van der Waals surface area contributed by atoms with E-state index in [2.05, 4.69) is 0 Å². The minimum atomic E-state index is -4.93. The number of hydrogen-bond acceptors (Lipinski definition) is 4. The third-order valence-corrected chi connectivity index (χ3v) is 2.42. The molecular formula is C14H16CuF6O4. The van der Waals surface area contributed by atoms with Crippen molar-refractivity contribution in [1.29, 1.82) is 0 Å². The molecule has 0 atom stereocenters. The number of alkyl halides is 6. The first kappa shape index (κ1) is 28.3. The van der Waals surface area contributed by atoms with Crippen LogP contribution in [0.3, 0.4) is 0 Å². The number of ketones is 2. The minimum Gasteiger partial charge on any atom is -0.878 e. The summed E-state index contributed by atoms with van der Waals surface area (Å²) in [7, 11) is 0. The first-order valence-corrected chi connectivity index (χ1v) is 6.71. The van der Waals surface area contributed by atoms with E-state index in [0.717, 1.165) is 0 Å². The van der Waals surface area contributed by atoms with Crippen molar-refractivity contribution in [1.82, 2.24) is 0 Å². The van der Waals surface area contributed by atoms with Crippen LogP contribution in [-0.4, -0.2) is 23.9 Å². The molecule has 0 bridgehead atoms. The van der Waals surface area contributed by atoms with E-state index in [9.17, 15) is 46.1 Å². The molecule has 4 nitrogen and oxygen atoms in total. The van der Waals surface area contributed by atoms with Crippen LogP contribution in [0.5, 0.6) is 0 Å². The summed E-state index contributed by atoms with van der Waals surface area (Å²) in [6.07, 6.45) is -9.47. The first-order valence-electron chi connectivity index (χ1n) is 6.71. The molecule has 0 aromatic carbocycles. The van der Waals surface area contributed by atoms with Gasteiger partial charge in [-0.05, 0) is 24.0 Å². The molecule has 0 aliphatic heterocycles. The van der Waals surface area contributed by atoms with Crippen LogP contribution in [0.25, 0.3) is 0 Å². The molecule has 0 aliphatic rings. The average molecular weight is 426 g/mol. The van der Waals surface area contributed by atoms with Crippen LogP contribution in [0.2, 0.25) is 0 Å². The molecule has 0 saturated carbocycles. The van der Waals surface area contributed by atoms with E-state index in [0.29, 0.717) is 12.8 Å². The Kier molecular flexibility index (Phi) is 14.5. The first-order chi connectivity index (χ1) is 10.9. The zero-order valence-electron chi connectivity index (χ0n) is 13.2. The molecule has 0 unspecified atom stereocenters. The zero-order valence-corrected chi connectivity index (χ0v) is 14.1. The second kappa shape index (κ2) is 12.8. The van der Waals surface area contributed by atoms with Crippen molar-refractivity contribution in [2.75, 3.05) is 0 Å². The maximum atomic E-state index is 11.7. The van der Waals surface area contributed by atoms with Gasteiger partial charge in [0, 0.05) is 0 Å². The van der Waals surface area contributed by atoms with Gasteiger partial charge in [-0.3, -0.25) is 9.59 Å². The largest absolute Gasteiger partial charge is 2.00 e. The summed E-state index contributed by atoms with van der Waals surface area (Å²) >= 11 is 0. The Morgan fingerprint density at radius 2 is 1.00 bits per heavy atom. The summed E-state index contributed by atoms with van der Waals surface area (Å²) < 4.78 is 70.1. The minimum absolute atomic E-state index is 0. The molecule has 0 rings (SSSR count). The second-order valence-electron chi connectivity index (χ2n) is 4.44. The topological polar surface area (TPSA) is 80.3 Å². The van der Waals surface area contributed by atoms with Gasteiger partial charge in [-0.15, -0.1) is 12.5 Å². The van der Waals surface area contributed by atoms with Crippen LogP contribution in [-0.2, 0) is 26.7 Å². The van der Waals surface area contributed by atoms with Crippen LogP contribution >= 0.6 is 0 Å². The summed E-state index contributed by atoms with van der Waals surface area (Å²) in [5.41, 5.74) is -1.41. The summed E-state index contributed by atoms with van der Waals surface area (Å²) in [4.78, 5) is 20.8. The van der Waals surface area contributed by atoms with E-state index >= 15 is 0 Å². The van der Waals surface area contributed by atoms with Crippen molar-refractivity contribution in [2.45, 2.75) is 51.9 Å². The number of allylic oxidation sites excluding steroid dienone is 2. The van der Waals surface area contributed by atoms with Crippen molar-refractivity contribution in [3.05, 3.63) is 23.7 Å². The number of carbonyl (C=O) groups excluding carboxylic acids is 2. The third kappa shape index (κ3) is 11.7. The predicted octanol–water partition coefficient (Wildman–Crippen LogP) is 2.32. The molecule has 0 spiro atoms. The van der Waals surface area contributed by atoms with E-state index in [1.807, 2.05) is 0 Å². The average Bonchev–Trinajstić information content (AvgIpc) is 2.47. The number of hydrogen-bond donors (Lipinski definition) is 0. The molecule has 0 aromatic heterocycles. The van der Waals surface area contributed by atoms with Crippen molar-refractivity contribution < 1.29 is 63.2 Å². The number of halogens is 6. The van der Waals surface area contributed by atoms with Crippen molar-refractivity contribution >= 4 is 11.6 Å². The van der Waals surface area contributed by atoms with Crippen LogP contribution in [0.1, 0.15) is 39.5 Å². The number of carbonyl (C=O) groups is 2. The van der Waals surface area contributed by atoms with Gasteiger partial charge in [0.05, 0.1) is 0 Å². The molecule has 1 radical (unpaired) electrons. The number of Topliss-reactive ketones (excluding diaryl/α,β-unsaturated/α-hetero) is 2. The maximum Gasteiger partial charge on any atom is 2.00 e. The fraction of sp³-hybridized carbons (Fsp3) is 0.571. The van der Waals surface area contributed by atoms with Gasteiger partial charge in [-0.25, -0.2) is 0 Å². The van der Waals surface area contributed by atoms with Crippen molar-refractivity contribution in [3.8, 4) is 0 Å². The van der Waals surface area contributed by atoms with Crippen LogP contribution in [0.15, 0.2) is 23.7 Å². The summed E-state index contributed by atoms with van der Waals surface area (Å²) in [5, 5.41) is 20.1. The van der Waals surface area contributed by atoms with Gasteiger partial charge in [0.15, 0.2) is 0 Å². The molecular weight excluding hydrogens is 410 g/mol. The fourth-order valence-electron chi connectivity index (χ4n) is 1.35. The van der Waals surface area contributed by atoms with Crippen molar-refractivity contribution in [2.24, 2.45) is 0 Å². The van der Waals surface area contributed by atoms with Gasteiger partial charge >= 0.3 is 29.4 Å². The molecule has 0 heterocycles. The van der Waals surface area contributed by atoms with Gasteiger partial charge in [0.1, 0.15) is 0 Å². The second-order valence-corrected chi connectivity index (χ2v) is 4.44.